The van der Waals surface area contributed by atoms with Gasteiger partial charge in [0.15, 0.2) is 0 Å². The summed E-state index contributed by atoms with van der Waals surface area (Å²) in [6.45, 7) is 2.40. The van der Waals surface area contributed by atoms with Crippen molar-refractivity contribution >= 4 is 28.3 Å². The van der Waals surface area contributed by atoms with Gasteiger partial charge in [0.25, 0.3) is 5.91 Å². The highest BCUT2D eigenvalue weighted by atomic mass is 16.1. The number of para-hydroxylation sites is 1. The van der Waals surface area contributed by atoms with Gasteiger partial charge in [0.1, 0.15) is 5.82 Å². The zero-order valence-corrected chi connectivity index (χ0v) is 16.5. The van der Waals surface area contributed by atoms with Gasteiger partial charge in [-0.2, -0.15) is 0 Å². The van der Waals surface area contributed by atoms with Crippen LogP contribution >= 0.6 is 0 Å². The maximum Gasteiger partial charge on any atom is 0.255 e. The molecule has 1 fully saturated rings. The molecule has 2 heterocycles. The maximum atomic E-state index is 13.1. The molecule has 0 saturated carbocycles. The summed E-state index contributed by atoms with van der Waals surface area (Å²) in [5.74, 6) is 0.728. The fourth-order valence-corrected chi connectivity index (χ4v) is 3.67. The molecule has 1 aromatic heterocycles. The molecule has 0 aliphatic carbocycles. The molecule has 144 valence electrons. The highest BCUT2D eigenvalue weighted by molar-refractivity contribution is 6.02. The summed E-state index contributed by atoms with van der Waals surface area (Å²) < 4.78 is 0. The number of hydrogen-bond acceptors (Lipinski definition) is 4. The van der Waals surface area contributed by atoms with Gasteiger partial charge in [0.2, 0.25) is 0 Å². The molecule has 0 bridgehead atoms. The fourth-order valence-electron chi connectivity index (χ4n) is 3.67. The summed E-state index contributed by atoms with van der Waals surface area (Å²) in [7, 11) is 4.03. The van der Waals surface area contributed by atoms with E-state index in [4.69, 9.17) is 4.98 Å². The third-order valence-electron chi connectivity index (χ3n) is 5.23. The lowest BCUT2D eigenvalue weighted by Crippen LogP contribution is -2.28. The van der Waals surface area contributed by atoms with Crippen molar-refractivity contribution in [3.63, 3.8) is 0 Å². The first kappa shape index (κ1) is 18.3. The zero-order valence-electron chi connectivity index (χ0n) is 16.5. The summed E-state index contributed by atoms with van der Waals surface area (Å²) in [5.41, 5.74) is 3.79. The highest BCUT2D eigenvalue weighted by Crippen LogP contribution is 2.26. The molecule has 0 unspecified atom stereocenters. The van der Waals surface area contributed by atoms with Crippen LogP contribution in [0.1, 0.15) is 28.8 Å². The molecule has 1 aliphatic rings. The molecule has 3 aromatic rings. The van der Waals surface area contributed by atoms with Crippen LogP contribution in [0.3, 0.4) is 0 Å². The molecule has 2 aromatic carbocycles. The van der Waals surface area contributed by atoms with Crippen LogP contribution in [0.4, 0.5) is 11.5 Å². The second-order valence-corrected chi connectivity index (χ2v) is 7.49. The SMILES string of the molecule is CN(C)c1cccc(CNC(=O)c2cc3ccccc3nc2N2CCCC2)c1. The number of hydrogen-bond donors (Lipinski definition) is 1. The van der Waals surface area contributed by atoms with Gasteiger partial charge in [-0.15, -0.1) is 0 Å². The van der Waals surface area contributed by atoms with E-state index in [1.165, 1.54) is 0 Å². The lowest BCUT2D eigenvalue weighted by molar-refractivity contribution is 0.0951. The maximum absolute atomic E-state index is 13.1. The Kier molecular flexibility index (Phi) is 5.15. The van der Waals surface area contributed by atoms with E-state index in [-0.39, 0.29) is 5.91 Å². The van der Waals surface area contributed by atoms with Crippen LogP contribution in [-0.2, 0) is 6.54 Å². The molecule has 5 heteroatoms. The van der Waals surface area contributed by atoms with Crippen molar-refractivity contribution in [2.24, 2.45) is 0 Å². The van der Waals surface area contributed by atoms with Crippen molar-refractivity contribution in [2.45, 2.75) is 19.4 Å². The second kappa shape index (κ2) is 7.89. The van der Waals surface area contributed by atoms with Crippen LogP contribution in [-0.4, -0.2) is 38.1 Å². The van der Waals surface area contributed by atoms with Crippen LogP contribution in [0.5, 0.6) is 0 Å². The van der Waals surface area contributed by atoms with E-state index in [0.717, 1.165) is 53.9 Å². The molecular formula is C23H26N4O. The van der Waals surface area contributed by atoms with Crippen LogP contribution in [0.15, 0.2) is 54.6 Å². The normalized spacial score (nSPS) is 13.7. The second-order valence-electron chi connectivity index (χ2n) is 7.49. The standard InChI is InChI=1S/C23H26N4O/c1-26(2)19-10-7-8-17(14-19)16-24-23(28)20-15-18-9-3-4-11-21(18)25-22(20)27-12-5-6-13-27/h3-4,7-11,14-15H,5-6,12-13,16H2,1-2H3,(H,24,28). The van der Waals surface area contributed by atoms with Crippen molar-refractivity contribution in [2.75, 3.05) is 37.0 Å². The van der Waals surface area contributed by atoms with E-state index in [0.29, 0.717) is 12.1 Å². The number of rotatable bonds is 5. The first-order valence-electron chi connectivity index (χ1n) is 9.81. The summed E-state index contributed by atoms with van der Waals surface area (Å²) >= 11 is 0. The summed E-state index contributed by atoms with van der Waals surface area (Å²) in [6.07, 6.45) is 2.29. The molecule has 1 N–H and O–H groups in total. The summed E-state index contributed by atoms with van der Waals surface area (Å²) in [4.78, 5) is 22.2. The molecule has 4 rings (SSSR count). The predicted octanol–water partition coefficient (Wildman–Crippen LogP) is 3.83. The van der Waals surface area contributed by atoms with Crippen LogP contribution in [0.25, 0.3) is 10.9 Å². The van der Waals surface area contributed by atoms with Gasteiger partial charge in [-0.3, -0.25) is 4.79 Å². The number of nitrogens with zero attached hydrogens (tertiary/aromatic N) is 3. The largest absolute Gasteiger partial charge is 0.378 e. The number of aromatic nitrogens is 1. The van der Waals surface area contributed by atoms with Crippen LogP contribution in [0, 0.1) is 0 Å². The van der Waals surface area contributed by atoms with Gasteiger partial charge in [-0.05, 0) is 42.7 Å². The Labute approximate surface area is 166 Å². The highest BCUT2D eigenvalue weighted by Gasteiger charge is 2.22. The van der Waals surface area contributed by atoms with E-state index < -0.39 is 0 Å². The summed E-state index contributed by atoms with van der Waals surface area (Å²) in [5, 5.41) is 4.08. The number of benzene rings is 2. The first-order chi connectivity index (χ1) is 13.6. The van der Waals surface area contributed by atoms with Gasteiger partial charge in [0.05, 0.1) is 11.1 Å². The van der Waals surface area contributed by atoms with E-state index in [1.54, 1.807) is 0 Å². The Bertz CT molecular complexity index is 993. The average molecular weight is 374 g/mol. The molecule has 1 saturated heterocycles. The first-order valence-corrected chi connectivity index (χ1v) is 9.81. The minimum absolute atomic E-state index is 0.0737. The molecule has 28 heavy (non-hydrogen) atoms. The number of carbonyl (C=O) groups is 1. The number of amides is 1. The molecule has 0 spiro atoms. The topological polar surface area (TPSA) is 48.5 Å². The van der Waals surface area contributed by atoms with E-state index in [1.807, 2.05) is 56.6 Å². The Hall–Kier alpha value is -3.08. The van der Waals surface area contributed by atoms with Crippen molar-refractivity contribution in [3.05, 3.63) is 65.7 Å². The third-order valence-corrected chi connectivity index (χ3v) is 5.23. The fraction of sp³-hybridized carbons (Fsp3) is 0.304. The third kappa shape index (κ3) is 3.79. The lowest BCUT2D eigenvalue weighted by Gasteiger charge is -2.20. The zero-order chi connectivity index (χ0) is 19.5. The molecule has 0 radical (unpaired) electrons. The molecule has 5 nitrogen and oxygen atoms in total. The number of carbonyl (C=O) groups excluding carboxylic acids is 1. The Morgan fingerprint density at radius 2 is 1.86 bits per heavy atom. The van der Waals surface area contributed by atoms with Crippen LogP contribution in [0.2, 0.25) is 0 Å². The minimum Gasteiger partial charge on any atom is -0.378 e. The van der Waals surface area contributed by atoms with Crippen molar-refractivity contribution in [1.29, 1.82) is 0 Å². The van der Waals surface area contributed by atoms with Crippen molar-refractivity contribution < 1.29 is 4.79 Å². The monoisotopic (exact) mass is 374 g/mol. The quantitative estimate of drug-likeness (QED) is 0.737. The molecule has 1 aliphatic heterocycles. The van der Waals surface area contributed by atoms with Gasteiger partial charge in [-0.1, -0.05) is 30.3 Å². The predicted molar refractivity (Wildman–Crippen MR) is 115 cm³/mol. The van der Waals surface area contributed by atoms with E-state index in [9.17, 15) is 4.79 Å². The average Bonchev–Trinajstić information content (AvgIpc) is 3.26. The Morgan fingerprint density at radius 1 is 1.07 bits per heavy atom. The Balaban J connectivity index is 1.60. The minimum atomic E-state index is -0.0737. The van der Waals surface area contributed by atoms with Crippen LogP contribution < -0.4 is 15.1 Å². The number of nitrogens with one attached hydrogen (secondary N) is 1. The molecule has 1 amide bonds. The Morgan fingerprint density at radius 3 is 2.64 bits per heavy atom. The van der Waals surface area contributed by atoms with Crippen molar-refractivity contribution in [3.8, 4) is 0 Å². The number of anilines is 2. The van der Waals surface area contributed by atoms with Gasteiger partial charge >= 0.3 is 0 Å². The molecule has 0 atom stereocenters. The van der Waals surface area contributed by atoms with Crippen molar-refractivity contribution in [1.82, 2.24) is 10.3 Å². The van der Waals surface area contributed by atoms with Gasteiger partial charge in [-0.25, -0.2) is 4.98 Å². The van der Waals surface area contributed by atoms with Gasteiger partial charge in [0, 0.05) is 44.8 Å². The smallest absolute Gasteiger partial charge is 0.255 e. The number of pyridine rings is 1. The molecular weight excluding hydrogens is 348 g/mol. The van der Waals surface area contributed by atoms with E-state index >= 15 is 0 Å². The lowest BCUT2D eigenvalue weighted by atomic mass is 10.1. The number of fused-ring (bicyclic) bond motifs is 1. The summed E-state index contributed by atoms with van der Waals surface area (Å²) in [6, 6.07) is 18.2. The van der Waals surface area contributed by atoms with Gasteiger partial charge < -0.3 is 15.1 Å². The van der Waals surface area contributed by atoms with E-state index in [2.05, 4.69) is 27.2 Å².